The van der Waals surface area contributed by atoms with Crippen molar-refractivity contribution < 1.29 is 4.79 Å². The third kappa shape index (κ3) is 6.77. The Bertz CT molecular complexity index is 1070. The summed E-state index contributed by atoms with van der Waals surface area (Å²) < 4.78 is 3.11. The Morgan fingerprint density at radius 1 is 1.24 bits per heavy atom. The number of thiazole rings is 1. The number of nitrogens with one attached hydrogen (secondary N) is 1. The Kier molecular flexibility index (Phi) is 8.75. The predicted octanol–water partition coefficient (Wildman–Crippen LogP) is 6.59. The van der Waals surface area contributed by atoms with Crippen LogP contribution in [0.5, 0.6) is 0 Å². The summed E-state index contributed by atoms with van der Waals surface area (Å²) in [6, 6.07) is 7.95. The average Bonchev–Trinajstić information content (AvgIpc) is 3.45. The molecule has 1 aliphatic rings. The highest BCUT2D eigenvalue weighted by Gasteiger charge is 2.18. The molecule has 2 aromatic heterocycles. The van der Waals surface area contributed by atoms with Gasteiger partial charge in [0.1, 0.15) is 5.82 Å². The van der Waals surface area contributed by atoms with Crippen LogP contribution in [0.25, 0.3) is 11.3 Å². The van der Waals surface area contributed by atoms with Gasteiger partial charge in [-0.3, -0.25) is 4.79 Å². The lowest BCUT2D eigenvalue weighted by atomic mass is 9.86. The number of aromatic nitrogens is 4. The molecule has 9 heteroatoms. The quantitative estimate of drug-likeness (QED) is 0.229. The lowest BCUT2D eigenvalue weighted by Gasteiger charge is -2.21. The lowest BCUT2D eigenvalue weighted by Crippen LogP contribution is -2.15. The second kappa shape index (κ2) is 11.9. The van der Waals surface area contributed by atoms with Gasteiger partial charge in [0.2, 0.25) is 5.91 Å². The van der Waals surface area contributed by atoms with Crippen molar-refractivity contribution in [3.8, 4) is 11.3 Å². The maximum Gasteiger partial charge on any atom is 0.236 e. The zero-order chi connectivity index (χ0) is 23.0. The van der Waals surface area contributed by atoms with Gasteiger partial charge < -0.3 is 9.88 Å². The van der Waals surface area contributed by atoms with Gasteiger partial charge in [-0.15, -0.1) is 28.1 Å². The number of nitrogens with zero attached hydrogens (tertiary/aromatic N) is 4. The summed E-state index contributed by atoms with van der Waals surface area (Å²) in [5.41, 5.74) is 1.87. The highest BCUT2D eigenvalue weighted by molar-refractivity contribution is 9.10. The van der Waals surface area contributed by atoms with Gasteiger partial charge in [-0.25, -0.2) is 4.98 Å². The maximum absolute atomic E-state index is 12.5. The molecule has 1 aliphatic carbocycles. The van der Waals surface area contributed by atoms with Crippen molar-refractivity contribution in [3.63, 3.8) is 0 Å². The van der Waals surface area contributed by atoms with Gasteiger partial charge in [0.15, 0.2) is 10.3 Å². The van der Waals surface area contributed by atoms with E-state index in [-0.39, 0.29) is 11.7 Å². The first-order valence-electron chi connectivity index (χ1n) is 11.3. The Hall–Kier alpha value is -1.97. The Morgan fingerprint density at radius 2 is 2.03 bits per heavy atom. The molecule has 4 rings (SSSR count). The van der Waals surface area contributed by atoms with E-state index in [1.165, 1.54) is 55.2 Å². The fourth-order valence-electron chi connectivity index (χ4n) is 4.10. The largest absolute Gasteiger partial charge is 0.302 e. The highest BCUT2D eigenvalue weighted by atomic mass is 79.9. The van der Waals surface area contributed by atoms with Gasteiger partial charge >= 0.3 is 0 Å². The zero-order valence-corrected chi connectivity index (χ0v) is 21.7. The smallest absolute Gasteiger partial charge is 0.236 e. The van der Waals surface area contributed by atoms with E-state index in [4.69, 9.17) is 0 Å². The van der Waals surface area contributed by atoms with E-state index in [1.807, 2.05) is 35.7 Å². The van der Waals surface area contributed by atoms with E-state index in [0.717, 1.165) is 45.5 Å². The predicted molar refractivity (Wildman–Crippen MR) is 140 cm³/mol. The monoisotopic (exact) mass is 545 g/mol. The highest BCUT2D eigenvalue weighted by Crippen LogP contribution is 2.29. The molecule has 3 aromatic rings. The van der Waals surface area contributed by atoms with Crippen molar-refractivity contribution in [2.75, 3.05) is 11.1 Å². The van der Waals surface area contributed by atoms with Gasteiger partial charge in [-0.1, -0.05) is 78.0 Å². The fraction of sp³-hybridized carbons (Fsp3) is 0.417. The molecule has 2 heterocycles. The zero-order valence-electron chi connectivity index (χ0n) is 18.5. The minimum absolute atomic E-state index is 0.103. The van der Waals surface area contributed by atoms with Crippen molar-refractivity contribution in [3.05, 3.63) is 52.6 Å². The summed E-state index contributed by atoms with van der Waals surface area (Å²) in [4.78, 5) is 17.1. The Morgan fingerprint density at radius 3 is 2.79 bits per heavy atom. The number of allylic oxidation sites excluding steroid dienone is 1. The molecular weight excluding hydrogens is 518 g/mol. The van der Waals surface area contributed by atoms with Crippen LogP contribution in [0.3, 0.4) is 0 Å². The van der Waals surface area contributed by atoms with E-state index in [2.05, 4.69) is 47.6 Å². The Balaban J connectivity index is 1.31. The van der Waals surface area contributed by atoms with Crippen LogP contribution < -0.4 is 5.32 Å². The number of rotatable bonds is 10. The van der Waals surface area contributed by atoms with E-state index in [9.17, 15) is 4.79 Å². The van der Waals surface area contributed by atoms with E-state index < -0.39 is 0 Å². The minimum Gasteiger partial charge on any atom is -0.302 e. The second-order valence-electron chi connectivity index (χ2n) is 8.22. The number of benzene rings is 1. The molecular formula is C24H28BrN5OS2. The molecule has 0 bridgehead atoms. The summed E-state index contributed by atoms with van der Waals surface area (Å²) in [5, 5.41) is 15.0. The first kappa shape index (κ1) is 24.2. The van der Waals surface area contributed by atoms with Crippen molar-refractivity contribution in [1.82, 2.24) is 19.7 Å². The lowest BCUT2D eigenvalue weighted by molar-refractivity contribution is -0.113. The molecule has 0 radical (unpaired) electrons. The van der Waals surface area contributed by atoms with Crippen LogP contribution in [0.15, 0.2) is 51.9 Å². The van der Waals surface area contributed by atoms with Gasteiger partial charge in [0, 0.05) is 28.4 Å². The summed E-state index contributed by atoms with van der Waals surface area (Å²) >= 11 is 6.27. The molecule has 174 valence electrons. The number of thioether (sulfide) groups is 1. The molecule has 33 heavy (non-hydrogen) atoms. The van der Waals surface area contributed by atoms with E-state index >= 15 is 0 Å². The van der Waals surface area contributed by atoms with Crippen LogP contribution in [-0.4, -0.2) is 31.4 Å². The molecule has 6 nitrogen and oxygen atoms in total. The number of aryl methyl sites for hydroxylation is 1. The minimum atomic E-state index is -0.103. The van der Waals surface area contributed by atoms with Gasteiger partial charge in [0.05, 0.1) is 11.4 Å². The first-order valence-corrected chi connectivity index (χ1v) is 14.0. The summed E-state index contributed by atoms with van der Waals surface area (Å²) in [7, 11) is 0. The van der Waals surface area contributed by atoms with Gasteiger partial charge in [-0.05, 0) is 24.5 Å². The molecule has 1 saturated carbocycles. The molecule has 1 N–H and O–H groups in total. The number of carbonyl (C=O) groups is 1. The second-order valence-corrected chi connectivity index (χ2v) is 10.9. The van der Waals surface area contributed by atoms with Crippen molar-refractivity contribution >= 4 is 50.1 Å². The molecule has 1 aromatic carbocycles. The average molecular weight is 547 g/mol. The van der Waals surface area contributed by atoms with Crippen LogP contribution in [0.1, 0.15) is 44.3 Å². The van der Waals surface area contributed by atoms with Crippen LogP contribution >= 0.6 is 39.0 Å². The molecule has 0 spiro atoms. The maximum atomic E-state index is 12.5. The van der Waals surface area contributed by atoms with Crippen molar-refractivity contribution in [2.45, 2.75) is 56.6 Å². The third-order valence-electron chi connectivity index (χ3n) is 5.83. The standard InChI is InChI=1S/C24H28BrN5OS2/c1-2-14-30-21(13-8-17-6-4-3-5-7-17)28-29-24(30)33-16-22(31)27-23-26-20(15-32-23)18-9-11-19(25)12-10-18/h2,9-12,15,17H,1,3-8,13-14,16H2,(H,26,27,31). The number of hydrogen-bond acceptors (Lipinski definition) is 6. The van der Waals surface area contributed by atoms with Crippen LogP contribution in [0, 0.1) is 5.92 Å². The summed E-state index contributed by atoms with van der Waals surface area (Å²) in [6.45, 7) is 4.53. The molecule has 0 unspecified atom stereocenters. The van der Waals surface area contributed by atoms with Crippen molar-refractivity contribution in [2.24, 2.45) is 5.92 Å². The number of anilines is 1. The normalized spacial score (nSPS) is 14.3. The SMILES string of the molecule is C=CCn1c(CCC2CCCCC2)nnc1SCC(=O)Nc1nc(-c2ccc(Br)cc2)cs1. The van der Waals surface area contributed by atoms with Gasteiger partial charge in [0.25, 0.3) is 0 Å². The fourth-order valence-corrected chi connectivity index (χ4v) is 5.87. The third-order valence-corrected chi connectivity index (χ3v) is 8.08. The van der Waals surface area contributed by atoms with E-state index in [0.29, 0.717) is 11.7 Å². The molecule has 0 atom stereocenters. The van der Waals surface area contributed by atoms with Crippen molar-refractivity contribution in [1.29, 1.82) is 0 Å². The number of hydrogen-bond donors (Lipinski definition) is 1. The summed E-state index contributed by atoms with van der Waals surface area (Å²) in [5.74, 6) is 1.94. The van der Waals surface area contributed by atoms with Gasteiger partial charge in [-0.2, -0.15) is 0 Å². The topological polar surface area (TPSA) is 72.7 Å². The van der Waals surface area contributed by atoms with Crippen LogP contribution in [0.2, 0.25) is 0 Å². The van der Waals surface area contributed by atoms with Crippen LogP contribution in [-0.2, 0) is 17.8 Å². The van der Waals surface area contributed by atoms with Crippen LogP contribution in [0.4, 0.5) is 5.13 Å². The molecule has 1 fully saturated rings. The summed E-state index contributed by atoms with van der Waals surface area (Å²) in [6.07, 6.45) is 10.7. The number of halogens is 1. The molecule has 0 saturated heterocycles. The Labute approximate surface area is 211 Å². The molecule has 1 amide bonds. The van der Waals surface area contributed by atoms with E-state index in [1.54, 1.807) is 0 Å². The number of amides is 1. The number of carbonyl (C=O) groups excluding carboxylic acids is 1. The first-order chi connectivity index (χ1) is 16.1. The molecule has 0 aliphatic heterocycles.